The molecule has 0 radical (unpaired) electrons. The van der Waals surface area contributed by atoms with E-state index in [4.69, 9.17) is 0 Å². The summed E-state index contributed by atoms with van der Waals surface area (Å²) in [5, 5.41) is 15.0. The Labute approximate surface area is 155 Å². The third-order valence-electron chi connectivity index (χ3n) is 3.57. The van der Waals surface area contributed by atoms with Crippen molar-refractivity contribution in [3.05, 3.63) is 30.2 Å². The standard InChI is InChI=1S/C16H26N6.HI/c1-3-4-5-7-11-18-16(17-2)19-12-10-15-21-20-14-9-6-8-13-22(14)15;/h6,8-9,13H,3-5,7,10-12H2,1-2H3,(H2,17,18,19);1H. The second-order valence-electron chi connectivity index (χ2n) is 5.28. The van der Waals surface area contributed by atoms with Crippen molar-refractivity contribution < 1.29 is 0 Å². The number of guanidine groups is 1. The minimum Gasteiger partial charge on any atom is -0.356 e. The van der Waals surface area contributed by atoms with Crippen molar-refractivity contribution in [3.8, 4) is 0 Å². The average molecular weight is 430 g/mol. The lowest BCUT2D eigenvalue weighted by molar-refractivity contribution is 0.646. The molecule has 0 fully saturated rings. The van der Waals surface area contributed by atoms with E-state index >= 15 is 0 Å². The largest absolute Gasteiger partial charge is 0.356 e. The van der Waals surface area contributed by atoms with Gasteiger partial charge in [-0.2, -0.15) is 0 Å². The van der Waals surface area contributed by atoms with Gasteiger partial charge in [-0.05, 0) is 18.6 Å². The molecule has 2 heterocycles. The minimum atomic E-state index is 0. The summed E-state index contributed by atoms with van der Waals surface area (Å²) in [5.74, 6) is 1.81. The average Bonchev–Trinajstić information content (AvgIpc) is 2.96. The van der Waals surface area contributed by atoms with Gasteiger partial charge in [0.1, 0.15) is 5.82 Å². The summed E-state index contributed by atoms with van der Waals surface area (Å²) < 4.78 is 2.02. The van der Waals surface area contributed by atoms with Crippen molar-refractivity contribution in [2.75, 3.05) is 20.1 Å². The Morgan fingerprint density at radius 1 is 1.13 bits per heavy atom. The molecule has 0 aliphatic heterocycles. The summed E-state index contributed by atoms with van der Waals surface area (Å²) in [6.07, 6.45) is 7.82. The third kappa shape index (κ3) is 6.32. The van der Waals surface area contributed by atoms with Crippen LogP contribution in [0.2, 0.25) is 0 Å². The molecule has 7 heteroatoms. The molecule has 6 nitrogen and oxygen atoms in total. The number of aromatic nitrogens is 3. The number of hydrogen-bond donors (Lipinski definition) is 2. The molecule has 23 heavy (non-hydrogen) atoms. The number of halogens is 1. The van der Waals surface area contributed by atoms with E-state index in [0.717, 1.165) is 36.9 Å². The highest BCUT2D eigenvalue weighted by Gasteiger charge is 2.04. The Balaban J connectivity index is 0.00000264. The van der Waals surface area contributed by atoms with Crippen molar-refractivity contribution in [1.82, 2.24) is 25.2 Å². The van der Waals surface area contributed by atoms with Crippen LogP contribution in [0.25, 0.3) is 5.65 Å². The van der Waals surface area contributed by atoms with E-state index in [0.29, 0.717) is 0 Å². The number of nitrogens with zero attached hydrogens (tertiary/aromatic N) is 4. The Morgan fingerprint density at radius 2 is 1.96 bits per heavy atom. The second-order valence-corrected chi connectivity index (χ2v) is 5.28. The molecule has 0 aromatic carbocycles. The number of aliphatic imine (C=N–C) groups is 1. The zero-order chi connectivity index (χ0) is 15.6. The van der Waals surface area contributed by atoms with Crippen LogP contribution in [0.15, 0.2) is 29.4 Å². The van der Waals surface area contributed by atoms with E-state index in [9.17, 15) is 0 Å². The molecule has 2 aromatic heterocycles. The van der Waals surface area contributed by atoms with Crippen LogP contribution >= 0.6 is 24.0 Å². The Bertz CT molecular complexity index is 595. The van der Waals surface area contributed by atoms with Gasteiger partial charge in [0.15, 0.2) is 11.6 Å². The van der Waals surface area contributed by atoms with Crippen LogP contribution in [0.4, 0.5) is 0 Å². The lowest BCUT2D eigenvalue weighted by atomic mass is 10.2. The lowest BCUT2D eigenvalue weighted by Gasteiger charge is -2.11. The number of pyridine rings is 1. The molecule has 0 saturated heterocycles. The smallest absolute Gasteiger partial charge is 0.190 e. The first kappa shape index (κ1) is 19.7. The number of unbranched alkanes of at least 4 members (excludes halogenated alkanes) is 3. The molecule has 2 rings (SSSR count). The Morgan fingerprint density at radius 3 is 2.74 bits per heavy atom. The molecule has 0 bridgehead atoms. The zero-order valence-corrected chi connectivity index (χ0v) is 16.3. The van der Waals surface area contributed by atoms with Crippen LogP contribution in [-0.2, 0) is 6.42 Å². The highest BCUT2D eigenvalue weighted by molar-refractivity contribution is 14.0. The van der Waals surface area contributed by atoms with Gasteiger partial charge >= 0.3 is 0 Å². The molecule has 0 spiro atoms. The summed E-state index contributed by atoms with van der Waals surface area (Å²) in [4.78, 5) is 4.24. The van der Waals surface area contributed by atoms with Gasteiger partial charge in [-0.3, -0.25) is 9.39 Å². The Hall–Kier alpha value is -1.38. The van der Waals surface area contributed by atoms with Crippen LogP contribution in [0, 0.1) is 0 Å². The van der Waals surface area contributed by atoms with Gasteiger partial charge in [0.2, 0.25) is 0 Å². The van der Waals surface area contributed by atoms with E-state index in [1.54, 1.807) is 7.05 Å². The van der Waals surface area contributed by atoms with E-state index in [1.165, 1.54) is 25.7 Å². The molecule has 0 unspecified atom stereocenters. The molecule has 0 aliphatic rings. The summed E-state index contributed by atoms with van der Waals surface area (Å²) >= 11 is 0. The van der Waals surface area contributed by atoms with Gasteiger partial charge < -0.3 is 10.6 Å². The first-order valence-corrected chi connectivity index (χ1v) is 8.08. The number of nitrogens with one attached hydrogen (secondary N) is 2. The van der Waals surface area contributed by atoms with Gasteiger partial charge in [0.05, 0.1) is 0 Å². The fourth-order valence-corrected chi connectivity index (χ4v) is 2.33. The lowest BCUT2D eigenvalue weighted by Crippen LogP contribution is -2.38. The maximum Gasteiger partial charge on any atom is 0.190 e. The molecule has 0 aliphatic carbocycles. The highest BCUT2D eigenvalue weighted by atomic mass is 127. The molecule has 0 atom stereocenters. The summed E-state index contributed by atoms with van der Waals surface area (Å²) in [6, 6.07) is 5.92. The van der Waals surface area contributed by atoms with Crippen molar-refractivity contribution >= 4 is 35.6 Å². The topological polar surface area (TPSA) is 66.6 Å². The number of hydrogen-bond acceptors (Lipinski definition) is 3. The summed E-state index contributed by atoms with van der Waals surface area (Å²) in [6.45, 7) is 3.97. The predicted molar refractivity (Wildman–Crippen MR) is 106 cm³/mol. The van der Waals surface area contributed by atoms with Gasteiger partial charge in [0.25, 0.3) is 0 Å². The van der Waals surface area contributed by atoms with Crippen LogP contribution in [0.1, 0.15) is 38.4 Å². The van der Waals surface area contributed by atoms with Crippen molar-refractivity contribution in [2.45, 2.75) is 39.0 Å². The van der Waals surface area contributed by atoms with Gasteiger partial charge in [-0.1, -0.05) is 32.3 Å². The quantitative estimate of drug-likeness (QED) is 0.293. The van der Waals surface area contributed by atoms with Gasteiger partial charge in [-0.15, -0.1) is 34.2 Å². The van der Waals surface area contributed by atoms with E-state index in [2.05, 4.69) is 32.7 Å². The molecule has 2 N–H and O–H groups in total. The fourth-order valence-electron chi connectivity index (χ4n) is 2.33. The van der Waals surface area contributed by atoms with Crippen LogP contribution in [0.3, 0.4) is 0 Å². The molecule has 2 aromatic rings. The second kappa shape index (κ2) is 11.2. The van der Waals surface area contributed by atoms with Crippen LogP contribution < -0.4 is 10.6 Å². The molecular weight excluding hydrogens is 403 g/mol. The van der Waals surface area contributed by atoms with Crippen LogP contribution in [0.5, 0.6) is 0 Å². The number of fused-ring (bicyclic) bond motifs is 1. The van der Waals surface area contributed by atoms with Crippen molar-refractivity contribution in [2.24, 2.45) is 4.99 Å². The maximum absolute atomic E-state index is 4.24. The SMILES string of the molecule is CCCCCCNC(=NC)NCCc1nnc2ccccn12.I. The third-order valence-corrected chi connectivity index (χ3v) is 3.57. The molecule has 128 valence electrons. The van der Waals surface area contributed by atoms with Gasteiger partial charge in [-0.25, -0.2) is 0 Å². The first-order valence-electron chi connectivity index (χ1n) is 8.08. The summed E-state index contributed by atoms with van der Waals surface area (Å²) in [5.41, 5.74) is 0.885. The molecule has 0 saturated carbocycles. The van der Waals surface area contributed by atoms with Crippen molar-refractivity contribution in [1.29, 1.82) is 0 Å². The first-order chi connectivity index (χ1) is 10.8. The normalized spacial score (nSPS) is 11.3. The van der Waals surface area contributed by atoms with E-state index < -0.39 is 0 Å². The summed E-state index contributed by atoms with van der Waals surface area (Å²) in [7, 11) is 1.80. The fraction of sp³-hybridized carbons (Fsp3) is 0.562. The van der Waals surface area contributed by atoms with E-state index in [-0.39, 0.29) is 24.0 Å². The monoisotopic (exact) mass is 430 g/mol. The zero-order valence-electron chi connectivity index (χ0n) is 14.0. The molecule has 0 amide bonds. The van der Waals surface area contributed by atoms with E-state index in [1.807, 2.05) is 28.8 Å². The number of rotatable bonds is 8. The van der Waals surface area contributed by atoms with Gasteiger partial charge in [0, 0.05) is 32.8 Å². The minimum absolute atomic E-state index is 0. The maximum atomic E-state index is 4.24. The van der Waals surface area contributed by atoms with Crippen LogP contribution in [-0.4, -0.2) is 40.7 Å². The predicted octanol–water partition coefficient (Wildman–Crippen LogP) is 2.64. The molecular formula is C16H27IN6. The Kier molecular flexibility index (Phi) is 9.58. The van der Waals surface area contributed by atoms with Crippen molar-refractivity contribution in [3.63, 3.8) is 0 Å². The highest BCUT2D eigenvalue weighted by Crippen LogP contribution is 2.02.